The van der Waals surface area contributed by atoms with E-state index >= 15 is 0 Å². The summed E-state index contributed by atoms with van der Waals surface area (Å²) in [6, 6.07) is 1.80. The lowest BCUT2D eigenvalue weighted by atomic mass is 10.2. The Bertz CT molecular complexity index is 582. The van der Waals surface area contributed by atoms with Crippen LogP contribution in [-0.2, 0) is 4.74 Å². The SMILES string of the molecule is Cc1cc(C)c(F)c(N2CCN(C(=O)N3CCOCC3)CC2)n1. The second-order valence-corrected chi connectivity index (χ2v) is 6.07. The Balaban J connectivity index is 1.63. The molecule has 6 nitrogen and oxygen atoms in total. The fourth-order valence-corrected chi connectivity index (χ4v) is 3.08. The van der Waals surface area contributed by atoms with Crippen molar-refractivity contribution >= 4 is 11.8 Å². The first-order valence-electron chi connectivity index (χ1n) is 8.06. The van der Waals surface area contributed by atoms with Crippen LogP contribution in [0, 0.1) is 19.7 Å². The number of pyridine rings is 1. The van der Waals surface area contributed by atoms with E-state index in [0.717, 1.165) is 5.69 Å². The van der Waals surface area contributed by atoms with Crippen molar-refractivity contribution in [2.45, 2.75) is 13.8 Å². The molecule has 0 spiro atoms. The summed E-state index contributed by atoms with van der Waals surface area (Å²) in [6.07, 6.45) is 0. The molecule has 0 radical (unpaired) electrons. The summed E-state index contributed by atoms with van der Waals surface area (Å²) in [5, 5.41) is 0. The van der Waals surface area contributed by atoms with Gasteiger partial charge in [-0.15, -0.1) is 0 Å². The molecule has 3 rings (SSSR count). The number of hydrogen-bond acceptors (Lipinski definition) is 4. The van der Waals surface area contributed by atoms with Crippen molar-refractivity contribution in [2.24, 2.45) is 0 Å². The number of morpholine rings is 1. The number of carbonyl (C=O) groups is 1. The minimum Gasteiger partial charge on any atom is -0.378 e. The molecule has 2 aliphatic rings. The van der Waals surface area contributed by atoms with Gasteiger partial charge >= 0.3 is 6.03 Å². The number of carbonyl (C=O) groups excluding carboxylic acids is 1. The highest BCUT2D eigenvalue weighted by Crippen LogP contribution is 2.22. The summed E-state index contributed by atoms with van der Waals surface area (Å²) in [4.78, 5) is 22.4. The summed E-state index contributed by atoms with van der Waals surface area (Å²) >= 11 is 0. The lowest BCUT2D eigenvalue weighted by molar-refractivity contribution is 0.0428. The first-order chi connectivity index (χ1) is 11.1. The monoisotopic (exact) mass is 322 g/mol. The van der Waals surface area contributed by atoms with Gasteiger partial charge in [-0.05, 0) is 25.5 Å². The number of hydrogen-bond donors (Lipinski definition) is 0. The predicted octanol–water partition coefficient (Wildman–Crippen LogP) is 1.41. The van der Waals surface area contributed by atoms with Gasteiger partial charge in [0, 0.05) is 45.0 Å². The number of anilines is 1. The molecule has 0 unspecified atom stereocenters. The molecule has 2 aliphatic heterocycles. The number of aromatic nitrogens is 1. The van der Waals surface area contributed by atoms with Crippen LogP contribution in [0.4, 0.5) is 15.0 Å². The zero-order chi connectivity index (χ0) is 16.4. The molecule has 0 atom stereocenters. The number of halogens is 1. The molecule has 0 aromatic carbocycles. The molecule has 126 valence electrons. The third kappa shape index (κ3) is 3.39. The molecule has 2 fully saturated rings. The van der Waals surface area contributed by atoms with Crippen molar-refractivity contribution in [3.8, 4) is 0 Å². The first kappa shape index (κ1) is 16.0. The number of piperazine rings is 1. The van der Waals surface area contributed by atoms with E-state index in [0.29, 0.717) is 63.9 Å². The average Bonchev–Trinajstić information content (AvgIpc) is 2.58. The molecule has 2 amide bonds. The summed E-state index contributed by atoms with van der Waals surface area (Å²) in [6.45, 7) is 8.49. The van der Waals surface area contributed by atoms with Gasteiger partial charge in [0.2, 0.25) is 0 Å². The molecule has 0 bridgehead atoms. The number of rotatable bonds is 1. The van der Waals surface area contributed by atoms with Gasteiger partial charge in [0.25, 0.3) is 0 Å². The van der Waals surface area contributed by atoms with Gasteiger partial charge in [-0.2, -0.15) is 0 Å². The van der Waals surface area contributed by atoms with Crippen molar-refractivity contribution < 1.29 is 13.9 Å². The smallest absolute Gasteiger partial charge is 0.320 e. The summed E-state index contributed by atoms with van der Waals surface area (Å²) in [5.74, 6) is 0.143. The van der Waals surface area contributed by atoms with Gasteiger partial charge in [-0.1, -0.05) is 0 Å². The number of urea groups is 1. The number of nitrogens with zero attached hydrogens (tertiary/aromatic N) is 4. The molecule has 23 heavy (non-hydrogen) atoms. The number of amides is 2. The van der Waals surface area contributed by atoms with Gasteiger partial charge < -0.3 is 19.4 Å². The minimum atomic E-state index is -0.261. The Morgan fingerprint density at radius 3 is 2.35 bits per heavy atom. The molecule has 0 aliphatic carbocycles. The highest BCUT2D eigenvalue weighted by atomic mass is 19.1. The van der Waals surface area contributed by atoms with E-state index in [9.17, 15) is 9.18 Å². The third-order valence-corrected chi connectivity index (χ3v) is 4.38. The third-order valence-electron chi connectivity index (χ3n) is 4.38. The lowest BCUT2D eigenvalue weighted by Gasteiger charge is -2.39. The lowest BCUT2D eigenvalue weighted by Crippen LogP contribution is -2.55. The summed E-state index contributed by atoms with van der Waals surface area (Å²) in [7, 11) is 0. The van der Waals surface area contributed by atoms with Crippen LogP contribution >= 0.6 is 0 Å². The molecule has 1 aromatic rings. The Morgan fingerprint density at radius 2 is 1.70 bits per heavy atom. The largest absolute Gasteiger partial charge is 0.378 e. The van der Waals surface area contributed by atoms with Crippen LogP contribution in [0.15, 0.2) is 6.07 Å². The van der Waals surface area contributed by atoms with Crippen molar-refractivity contribution in [1.29, 1.82) is 0 Å². The molecule has 0 N–H and O–H groups in total. The maximum absolute atomic E-state index is 14.3. The van der Waals surface area contributed by atoms with Gasteiger partial charge in [0.15, 0.2) is 11.6 Å². The normalized spacial score (nSPS) is 19.2. The minimum absolute atomic E-state index is 0.0572. The molecular weight excluding hydrogens is 299 g/mol. The number of aryl methyl sites for hydroxylation is 2. The van der Waals surface area contributed by atoms with Crippen molar-refractivity contribution in [3.05, 3.63) is 23.1 Å². The van der Waals surface area contributed by atoms with Crippen molar-refractivity contribution in [3.63, 3.8) is 0 Å². The van der Waals surface area contributed by atoms with Crippen LogP contribution < -0.4 is 4.90 Å². The van der Waals surface area contributed by atoms with Crippen molar-refractivity contribution in [1.82, 2.24) is 14.8 Å². The van der Waals surface area contributed by atoms with Crippen LogP contribution in [0.2, 0.25) is 0 Å². The van der Waals surface area contributed by atoms with E-state index in [2.05, 4.69) is 4.98 Å². The molecule has 3 heterocycles. The first-order valence-corrected chi connectivity index (χ1v) is 8.06. The van der Waals surface area contributed by atoms with Gasteiger partial charge in [0.1, 0.15) is 0 Å². The molecule has 7 heteroatoms. The summed E-state index contributed by atoms with van der Waals surface area (Å²) in [5.41, 5.74) is 1.42. The Hall–Kier alpha value is -1.89. The van der Waals surface area contributed by atoms with Crippen molar-refractivity contribution in [2.75, 3.05) is 57.4 Å². The second kappa shape index (κ2) is 6.70. The fourth-order valence-electron chi connectivity index (χ4n) is 3.08. The Morgan fingerprint density at radius 1 is 1.09 bits per heavy atom. The maximum atomic E-state index is 14.3. The van der Waals surface area contributed by atoms with Gasteiger partial charge in [-0.3, -0.25) is 0 Å². The zero-order valence-corrected chi connectivity index (χ0v) is 13.7. The second-order valence-electron chi connectivity index (χ2n) is 6.07. The summed E-state index contributed by atoms with van der Waals surface area (Å²) < 4.78 is 19.6. The van der Waals surface area contributed by atoms with E-state index < -0.39 is 0 Å². The fraction of sp³-hybridized carbons (Fsp3) is 0.625. The maximum Gasteiger partial charge on any atom is 0.320 e. The predicted molar refractivity (Wildman–Crippen MR) is 85.2 cm³/mol. The molecule has 0 saturated carbocycles. The van der Waals surface area contributed by atoms with Crippen LogP contribution in [0.1, 0.15) is 11.3 Å². The van der Waals surface area contributed by atoms with E-state index in [4.69, 9.17) is 4.74 Å². The van der Waals surface area contributed by atoms with Crippen LogP contribution in [0.5, 0.6) is 0 Å². The standard InChI is InChI=1S/C16H23FN4O2/c1-12-11-13(2)18-15(14(12)17)19-3-5-20(6-4-19)16(22)21-7-9-23-10-8-21/h11H,3-10H2,1-2H3. The Kier molecular flexibility index (Phi) is 4.66. The quantitative estimate of drug-likeness (QED) is 0.784. The van der Waals surface area contributed by atoms with E-state index in [1.165, 1.54) is 0 Å². The van der Waals surface area contributed by atoms with Gasteiger partial charge in [-0.25, -0.2) is 14.2 Å². The van der Waals surface area contributed by atoms with E-state index in [-0.39, 0.29) is 11.8 Å². The van der Waals surface area contributed by atoms with Crippen LogP contribution in [0.3, 0.4) is 0 Å². The molecule has 2 saturated heterocycles. The highest BCUT2D eigenvalue weighted by Gasteiger charge is 2.28. The highest BCUT2D eigenvalue weighted by molar-refractivity contribution is 5.75. The van der Waals surface area contributed by atoms with E-state index in [1.807, 2.05) is 21.6 Å². The number of ether oxygens (including phenoxy) is 1. The topological polar surface area (TPSA) is 48.9 Å². The Labute approximate surface area is 135 Å². The van der Waals surface area contributed by atoms with Crippen LogP contribution in [0.25, 0.3) is 0 Å². The average molecular weight is 322 g/mol. The van der Waals surface area contributed by atoms with Crippen LogP contribution in [-0.4, -0.2) is 73.3 Å². The van der Waals surface area contributed by atoms with E-state index in [1.54, 1.807) is 13.0 Å². The molecular formula is C16H23FN4O2. The zero-order valence-electron chi connectivity index (χ0n) is 13.7. The van der Waals surface area contributed by atoms with Gasteiger partial charge in [0.05, 0.1) is 13.2 Å². The molecule has 1 aromatic heterocycles.